The Labute approximate surface area is 165 Å². The largest absolute Gasteiger partial charge is 0.492 e. The first-order chi connectivity index (χ1) is 13.8. The molecule has 1 amide bonds. The van der Waals surface area contributed by atoms with E-state index in [4.69, 9.17) is 9.47 Å². The minimum atomic E-state index is -1.01. The maximum Gasteiger partial charge on any atom is 0.338 e. The number of para-hydroxylation sites is 2. The summed E-state index contributed by atoms with van der Waals surface area (Å²) in [5.41, 5.74) is -0.542. The zero-order valence-corrected chi connectivity index (χ0v) is 15.7. The van der Waals surface area contributed by atoms with Gasteiger partial charge < -0.3 is 19.5 Å². The van der Waals surface area contributed by atoms with Crippen LogP contribution >= 0.6 is 0 Å². The number of ether oxygens (including phenoxy) is 3. The fourth-order valence-electron chi connectivity index (χ4n) is 2.32. The maximum atomic E-state index is 12.2. The molecule has 1 N–H and O–H groups in total. The van der Waals surface area contributed by atoms with Crippen LogP contribution in [0.4, 0.5) is 11.4 Å². The lowest BCUT2D eigenvalue weighted by molar-refractivity contribution is -0.384. The number of methoxy groups -OCH3 is 1. The minimum Gasteiger partial charge on any atom is -0.492 e. The van der Waals surface area contributed by atoms with Crippen LogP contribution in [-0.2, 0) is 14.3 Å². The normalized spacial score (nSPS) is 10.0. The van der Waals surface area contributed by atoms with Gasteiger partial charge in [-0.1, -0.05) is 12.1 Å². The molecule has 0 spiro atoms. The number of nitro groups is 1. The zero-order valence-electron chi connectivity index (χ0n) is 15.7. The molecule has 0 heterocycles. The van der Waals surface area contributed by atoms with Gasteiger partial charge in [0.2, 0.25) is 0 Å². The van der Waals surface area contributed by atoms with E-state index in [1.165, 1.54) is 0 Å². The van der Waals surface area contributed by atoms with Crippen molar-refractivity contribution in [2.45, 2.75) is 6.92 Å². The van der Waals surface area contributed by atoms with Gasteiger partial charge in [-0.05, 0) is 25.1 Å². The fourth-order valence-corrected chi connectivity index (χ4v) is 2.32. The Hall–Kier alpha value is -3.95. The second-order valence-corrected chi connectivity index (χ2v) is 5.57. The topological polar surface area (TPSA) is 134 Å². The number of rotatable bonds is 8. The molecule has 2 aromatic rings. The Balaban J connectivity index is 2.09. The van der Waals surface area contributed by atoms with Gasteiger partial charge in [-0.3, -0.25) is 14.9 Å². The van der Waals surface area contributed by atoms with Crippen LogP contribution in [0.2, 0.25) is 0 Å². The third-order valence-electron chi connectivity index (χ3n) is 3.58. The highest BCUT2D eigenvalue weighted by atomic mass is 16.6. The second kappa shape index (κ2) is 9.83. The zero-order chi connectivity index (χ0) is 21.4. The molecular formula is C19H18N2O8. The van der Waals surface area contributed by atoms with Crippen LogP contribution in [0.25, 0.3) is 0 Å². The molecule has 0 aliphatic rings. The molecule has 0 atom stereocenters. The standard InChI is InChI=1S/C19H18N2O8/c1-3-28-16-7-5-4-6-15(16)20-17(22)11-29-19(24)13-8-12(18(23)27-2)9-14(10-13)21(25)26/h4-10H,3,11H2,1-2H3,(H,20,22). The van der Waals surface area contributed by atoms with Crippen LogP contribution < -0.4 is 10.1 Å². The van der Waals surface area contributed by atoms with Crippen molar-refractivity contribution in [1.82, 2.24) is 0 Å². The quantitative estimate of drug-likeness (QED) is 0.404. The lowest BCUT2D eigenvalue weighted by Gasteiger charge is -2.11. The van der Waals surface area contributed by atoms with Crippen LogP contribution in [0.3, 0.4) is 0 Å². The maximum absolute atomic E-state index is 12.2. The fraction of sp³-hybridized carbons (Fsp3) is 0.211. The van der Waals surface area contributed by atoms with Crippen molar-refractivity contribution in [1.29, 1.82) is 0 Å². The molecule has 2 aromatic carbocycles. The number of hydrogen-bond acceptors (Lipinski definition) is 8. The summed E-state index contributed by atoms with van der Waals surface area (Å²) in [5.74, 6) is -2.04. The Bertz CT molecular complexity index is 942. The van der Waals surface area contributed by atoms with Crippen molar-refractivity contribution >= 4 is 29.2 Å². The van der Waals surface area contributed by atoms with E-state index in [9.17, 15) is 24.5 Å². The number of anilines is 1. The summed E-state index contributed by atoms with van der Waals surface area (Å²) in [5, 5.41) is 13.6. The molecule has 0 fully saturated rings. The summed E-state index contributed by atoms with van der Waals surface area (Å²) in [6, 6.07) is 9.72. The summed E-state index contributed by atoms with van der Waals surface area (Å²) >= 11 is 0. The van der Waals surface area contributed by atoms with Crippen molar-refractivity contribution in [3.63, 3.8) is 0 Å². The smallest absolute Gasteiger partial charge is 0.338 e. The van der Waals surface area contributed by atoms with Crippen molar-refractivity contribution in [2.75, 3.05) is 25.6 Å². The number of nitrogens with zero attached hydrogens (tertiary/aromatic N) is 1. The molecular weight excluding hydrogens is 384 g/mol. The average Bonchev–Trinajstić information content (AvgIpc) is 2.72. The lowest BCUT2D eigenvalue weighted by Crippen LogP contribution is -2.21. The predicted octanol–water partition coefficient (Wildman–Crippen LogP) is 2.58. The van der Waals surface area contributed by atoms with E-state index in [2.05, 4.69) is 10.1 Å². The number of hydrogen-bond donors (Lipinski definition) is 1. The van der Waals surface area contributed by atoms with Crippen LogP contribution in [0.1, 0.15) is 27.6 Å². The molecule has 10 nitrogen and oxygen atoms in total. The van der Waals surface area contributed by atoms with E-state index < -0.39 is 35.1 Å². The molecule has 0 aliphatic heterocycles. The van der Waals surface area contributed by atoms with Crippen molar-refractivity contribution in [3.8, 4) is 5.75 Å². The van der Waals surface area contributed by atoms with E-state index in [-0.39, 0.29) is 11.1 Å². The van der Waals surface area contributed by atoms with Gasteiger partial charge >= 0.3 is 11.9 Å². The molecule has 2 rings (SSSR count). The van der Waals surface area contributed by atoms with Gasteiger partial charge in [0.25, 0.3) is 11.6 Å². The van der Waals surface area contributed by atoms with Crippen LogP contribution in [-0.4, -0.2) is 43.1 Å². The van der Waals surface area contributed by atoms with E-state index in [1.54, 1.807) is 31.2 Å². The van der Waals surface area contributed by atoms with Gasteiger partial charge in [-0.15, -0.1) is 0 Å². The molecule has 0 saturated carbocycles. The van der Waals surface area contributed by atoms with E-state index in [0.29, 0.717) is 18.0 Å². The molecule has 0 saturated heterocycles. The molecule has 0 aromatic heterocycles. The number of non-ortho nitro benzene ring substituents is 1. The van der Waals surface area contributed by atoms with Crippen molar-refractivity contribution < 1.29 is 33.5 Å². The van der Waals surface area contributed by atoms with Crippen molar-refractivity contribution in [2.24, 2.45) is 0 Å². The summed E-state index contributed by atoms with van der Waals surface area (Å²) in [6.45, 7) is 1.55. The first kappa shape index (κ1) is 21.4. The summed E-state index contributed by atoms with van der Waals surface area (Å²) in [6.07, 6.45) is 0. The highest BCUT2D eigenvalue weighted by molar-refractivity contribution is 5.98. The van der Waals surface area contributed by atoms with Gasteiger partial charge in [0.05, 0.1) is 35.5 Å². The highest BCUT2D eigenvalue weighted by Crippen LogP contribution is 2.23. The number of benzene rings is 2. The second-order valence-electron chi connectivity index (χ2n) is 5.57. The average molecular weight is 402 g/mol. The predicted molar refractivity (Wildman–Crippen MR) is 101 cm³/mol. The van der Waals surface area contributed by atoms with Gasteiger partial charge in [0.1, 0.15) is 5.75 Å². The molecule has 0 radical (unpaired) electrons. The monoisotopic (exact) mass is 402 g/mol. The van der Waals surface area contributed by atoms with E-state index in [1.807, 2.05) is 0 Å². The number of nitrogens with one attached hydrogen (secondary N) is 1. The Morgan fingerprint density at radius 1 is 1.07 bits per heavy atom. The third kappa shape index (κ3) is 5.76. The van der Waals surface area contributed by atoms with Crippen LogP contribution in [0.5, 0.6) is 5.75 Å². The highest BCUT2D eigenvalue weighted by Gasteiger charge is 2.20. The molecule has 0 unspecified atom stereocenters. The molecule has 10 heteroatoms. The number of carbonyl (C=O) groups is 3. The van der Waals surface area contributed by atoms with Gasteiger partial charge in [-0.2, -0.15) is 0 Å². The summed E-state index contributed by atoms with van der Waals surface area (Å²) < 4.78 is 14.8. The number of esters is 2. The molecule has 0 bridgehead atoms. The molecule has 29 heavy (non-hydrogen) atoms. The first-order valence-electron chi connectivity index (χ1n) is 8.42. The third-order valence-corrected chi connectivity index (χ3v) is 3.58. The Morgan fingerprint density at radius 2 is 1.72 bits per heavy atom. The Morgan fingerprint density at radius 3 is 2.34 bits per heavy atom. The SMILES string of the molecule is CCOc1ccccc1NC(=O)COC(=O)c1cc(C(=O)OC)cc([N+](=O)[O-])c1. The van der Waals surface area contributed by atoms with Crippen LogP contribution in [0, 0.1) is 10.1 Å². The van der Waals surface area contributed by atoms with E-state index >= 15 is 0 Å². The van der Waals surface area contributed by atoms with Gasteiger partial charge in [-0.25, -0.2) is 9.59 Å². The van der Waals surface area contributed by atoms with Gasteiger partial charge in [0.15, 0.2) is 6.61 Å². The van der Waals surface area contributed by atoms with Crippen molar-refractivity contribution in [3.05, 3.63) is 63.7 Å². The minimum absolute atomic E-state index is 0.191. The number of amides is 1. The van der Waals surface area contributed by atoms with Crippen LogP contribution in [0.15, 0.2) is 42.5 Å². The van der Waals surface area contributed by atoms with E-state index in [0.717, 1.165) is 25.3 Å². The number of carbonyl (C=O) groups excluding carboxylic acids is 3. The summed E-state index contributed by atoms with van der Waals surface area (Å²) in [7, 11) is 1.10. The first-order valence-corrected chi connectivity index (χ1v) is 8.42. The Kier molecular flexibility index (Phi) is 7.24. The molecule has 0 aliphatic carbocycles. The lowest BCUT2D eigenvalue weighted by atomic mass is 10.1. The molecule has 152 valence electrons. The number of nitro benzene ring substituents is 1. The van der Waals surface area contributed by atoms with Gasteiger partial charge in [0, 0.05) is 12.1 Å². The summed E-state index contributed by atoms with van der Waals surface area (Å²) in [4.78, 5) is 46.2.